The molecule has 5 heteroatoms. The van der Waals surface area contributed by atoms with E-state index in [1.54, 1.807) is 36.4 Å². The standard InChI is InChI=1S/C18H23O4P/c1-13(2)15-7-5-9-17(11-15)21-23(19,20)22-18-10-6-8-16(12-18)14(3)4/h5-14H,1-4H3,(H,19,20). The molecule has 0 spiro atoms. The molecule has 0 atom stereocenters. The molecule has 23 heavy (non-hydrogen) atoms. The second-order valence-electron chi connectivity index (χ2n) is 6.11. The SMILES string of the molecule is CC(C)c1cccc(OP(=O)(O)Oc2cccc(C(C)C)c2)c1. The topological polar surface area (TPSA) is 55.8 Å². The van der Waals surface area contributed by atoms with Crippen LogP contribution in [0.3, 0.4) is 0 Å². The van der Waals surface area contributed by atoms with Crippen LogP contribution in [0.4, 0.5) is 0 Å². The highest BCUT2D eigenvalue weighted by Crippen LogP contribution is 2.45. The Morgan fingerprint density at radius 3 is 1.57 bits per heavy atom. The van der Waals surface area contributed by atoms with Crippen LogP contribution in [-0.2, 0) is 4.57 Å². The van der Waals surface area contributed by atoms with Crippen molar-refractivity contribution in [1.29, 1.82) is 0 Å². The van der Waals surface area contributed by atoms with Crippen LogP contribution < -0.4 is 9.05 Å². The summed E-state index contributed by atoms with van der Waals surface area (Å²) in [5, 5.41) is 0. The largest absolute Gasteiger partial charge is 0.584 e. The van der Waals surface area contributed by atoms with Crippen molar-refractivity contribution >= 4 is 7.82 Å². The van der Waals surface area contributed by atoms with Gasteiger partial charge < -0.3 is 9.05 Å². The van der Waals surface area contributed by atoms with Gasteiger partial charge in [-0.3, -0.25) is 4.89 Å². The first kappa shape index (κ1) is 17.6. The molecular formula is C18H23O4P. The zero-order chi connectivity index (χ0) is 17.0. The smallest absolute Gasteiger partial charge is 0.395 e. The average Bonchev–Trinajstić information content (AvgIpc) is 2.46. The number of hydrogen-bond donors (Lipinski definition) is 1. The summed E-state index contributed by atoms with van der Waals surface area (Å²) in [6.45, 7) is 8.19. The fraction of sp³-hybridized carbons (Fsp3) is 0.333. The first-order valence-electron chi connectivity index (χ1n) is 7.69. The molecular weight excluding hydrogens is 311 g/mol. The summed E-state index contributed by atoms with van der Waals surface area (Å²) in [6.07, 6.45) is 0. The molecule has 0 heterocycles. The first-order chi connectivity index (χ1) is 10.8. The highest BCUT2D eigenvalue weighted by atomic mass is 31.2. The van der Waals surface area contributed by atoms with Crippen molar-refractivity contribution in [3.8, 4) is 11.5 Å². The minimum absolute atomic E-state index is 0.306. The van der Waals surface area contributed by atoms with Gasteiger partial charge >= 0.3 is 7.82 Å². The number of benzene rings is 2. The normalized spacial score (nSPS) is 11.8. The van der Waals surface area contributed by atoms with Crippen LogP contribution in [0.2, 0.25) is 0 Å². The summed E-state index contributed by atoms with van der Waals surface area (Å²) in [4.78, 5) is 9.99. The lowest BCUT2D eigenvalue weighted by Gasteiger charge is -2.16. The van der Waals surface area contributed by atoms with Gasteiger partial charge in [-0.05, 0) is 47.2 Å². The second-order valence-corrected chi connectivity index (χ2v) is 7.41. The zero-order valence-corrected chi connectivity index (χ0v) is 14.8. The van der Waals surface area contributed by atoms with E-state index in [1.165, 1.54) is 0 Å². The Labute approximate surface area is 137 Å². The van der Waals surface area contributed by atoms with E-state index in [-0.39, 0.29) is 0 Å². The fourth-order valence-corrected chi connectivity index (χ4v) is 2.94. The van der Waals surface area contributed by atoms with Gasteiger partial charge in [-0.25, -0.2) is 4.57 Å². The Kier molecular flexibility index (Phi) is 5.51. The van der Waals surface area contributed by atoms with E-state index < -0.39 is 7.82 Å². The third-order valence-corrected chi connectivity index (χ3v) is 4.37. The van der Waals surface area contributed by atoms with Crippen molar-refractivity contribution < 1.29 is 18.5 Å². The first-order valence-corrected chi connectivity index (χ1v) is 9.18. The van der Waals surface area contributed by atoms with Crippen molar-refractivity contribution in [2.45, 2.75) is 39.5 Å². The van der Waals surface area contributed by atoms with Crippen LogP contribution in [0.15, 0.2) is 48.5 Å². The van der Waals surface area contributed by atoms with Gasteiger partial charge in [0.1, 0.15) is 11.5 Å². The average molecular weight is 334 g/mol. The molecule has 0 saturated carbocycles. The van der Waals surface area contributed by atoms with Crippen molar-refractivity contribution in [1.82, 2.24) is 0 Å². The van der Waals surface area contributed by atoms with Gasteiger partial charge in [0.15, 0.2) is 0 Å². The summed E-state index contributed by atoms with van der Waals surface area (Å²) in [5.41, 5.74) is 2.06. The molecule has 0 fully saturated rings. The molecule has 0 aliphatic rings. The molecule has 0 bridgehead atoms. The van der Waals surface area contributed by atoms with E-state index in [0.717, 1.165) is 11.1 Å². The Hall–Kier alpha value is -1.77. The van der Waals surface area contributed by atoms with Gasteiger partial charge in [-0.2, -0.15) is 0 Å². The highest BCUT2D eigenvalue weighted by Gasteiger charge is 2.25. The molecule has 0 saturated heterocycles. The summed E-state index contributed by atoms with van der Waals surface area (Å²) < 4.78 is 22.6. The monoisotopic (exact) mass is 334 g/mol. The van der Waals surface area contributed by atoms with Crippen molar-refractivity contribution in [3.63, 3.8) is 0 Å². The predicted molar refractivity (Wildman–Crippen MR) is 92.1 cm³/mol. The van der Waals surface area contributed by atoms with Crippen LogP contribution in [0.5, 0.6) is 11.5 Å². The quantitative estimate of drug-likeness (QED) is 0.710. The molecule has 0 amide bonds. The van der Waals surface area contributed by atoms with Gasteiger partial charge in [-0.15, -0.1) is 0 Å². The summed E-state index contributed by atoms with van der Waals surface area (Å²) in [5.74, 6) is 1.25. The zero-order valence-electron chi connectivity index (χ0n) is 13.9. The Bertz CT molecular complexity index is 652. The number of phosphoric acid groups is 1. The maximum absolute atomic E-state index is 12.2. The van der Waals surface area contributed by atoms with Gasteiger partial charge in [0, 0.05) is 0 Å². The van der Waals surface area contributed by atoms with Crippen molar-refractivity contribution in [3.05, 3.63) is 59.7 Å². The lowest BCUT2D eigenvalue weighted by Crippen LogP contribution is -2.01. The minimum atomic E-state index is -4.24. The number of hydrogen-bond acceptors (Lipinski definition) is 3. The molecule has 0 aliphatic carbocycles. The molecule has 4 nitrogen and oxygen atoms in total. The van der Waals surface area contributed by atoms with Gasteiger partial charge in [0.05, 0.1) is 0 Å². The van der Waals surface area contributed by atoms with Gasteiger partial charge in [0.2, 0.25) is 0 Å². The lowest BCUT2D eigenvalue weighted by molar-refractivity contribution is 0.290. The van der Waals surface area contributed by atoms with Gasteiger partial charge in [0.25, 0.3) is 0 Å². The maximum atomic E-state index is 12.2. The summed E-state index contributed by atoms with van der Waals surface area (Å²) in [6, 6.07) is 14.3. The molecule has 1 N–H and O–H groups in total. The minimum Gasteiger partial charge on any atom is -0.395 e. The van der Waals surface area contributed by atoms with E-state index in [4.69, 9.17) is 9.05 Å². The molecule has 124 valence electrons. The summed E-state index contributed by atoms with van der Waals surface area (Å²) in [7, 11) is -4.24. The third-order valence-electron chi connectivity index (χ3n) is 3.49. The van der Waals surface area contributed by atoms with Crippen LogP contribution in [0, 0.1) is 0 Å². The molecule has 0 aliphatic heterocycles. The molecule has 2 aromatic rings. The Morgan fingerprint density at radius 1 is 0.826 bits per heavy atom. The Balaban J connectivity index is 2.14. The van der Waals surface area contributed by atoms with E-state index >= 15 is 0 Å². The number of phosphoric ester groups is 1. The number of rotatable bonds is 6. The maximum Gasteiger partial charge on any atom is 0.584 e. The van der Waals surface area contributed by atoms with Gasteiger partial charge in [-0.1, -0.05) is 52.0 Å². The highest BCUT2D eigenvalue weighted by molar-refractivity contribution is 7.48. The van der Waals surface area contributed by atoms with Crippen molar-refractivity contribution in [2.24, 2.45) is 0 Å². The Morgan fingerprint density at radius 2 is 1.22 bits per heavy atom. The second kappa shape index (κ2) is 7.20. The van der Waals surface area contributed by atoms with E-state index in [9.17, 15) is 9.46 Å². The van der Waals surface area contributed by atoms with E-state index in [2.05, 4.69) is 0 Å². The predicted octanol–water partition coefficient (Wildman–Crippen LogP) is 5.49. The fourth-order valence-electron chi connectivity index (χ4n) is 2.15. The molecule has 0 unspecified atom stereocenters. The summed E-state index contributed by atoms with van der Waals surface area (Å²) >= 11 is 0. The molecule has 0 aromatic heterocycles. The van der Waals surface area contributed by atoms with Crippen LogP contribution >= 0.6 is 7.82 Å². The molecule has 0 radical (unpaired) electrons. The molecule has 2 rings (SSSR count). The molecule has 2 aromatic carbocycles. The van der Waals surface area contributed by atoms with E-state index in [1.807, 2.05) is 39.8 Å². The van der Waals surface area contributed by atoms with Crippen LogP contribution in [0.1, 0.15) is 50.7 Å². The third kappa shape index (κ3) is 5.12. The van der Waals surface area contributed by atoms with Crippen molar-refractivity contribution in [2.75, 3.05) is 0 Å². The lowest BCUT2D eigenvalue weighted by atomic mass is 10.0. The van der Waals surface area contributed by atoms with Crippen LogP contribution in [-0.4, -0.2) is 4.89 Å². The van der Waals surface area contributed by atoms with Crippen LogP contribution in [0.25, 0.3) is 0 Å². The van der Waals surface area contributed by atoms with E-state index in [0.29, 0.717) is 23.3 Å².